The molecule has 0 spiro atoms. The molecule has 0 radical (unpaired) electrons. The Morgan fingerprint density at radius 2 is 1.79 bits per heavy atom. The molecule has 2 aliphatic rings. The van der Waals surface area contributed by atoms with Crippen LogP contribution in [0.1, 0.15) is 40.2 Å². The molecule has 0 aliphatic carbocycles. The van der Waals surface area contributed by atoms with Gasteiger partial charge >= 0.3 is 5.97 Å². The third-order valence-electron chi connectivity index (χ3n) is 6.69. The van der Waals surface area contributed by atoms with E-state index in [0.717, 1.165) is 24.8 Å². The van der Waals surface area contributed by atoms with Crippen molar-refractivity contribution in [1.82, 2.24) is 4.90 Å². The molecule has 0 saturated carbocycles. The fourth-order valence-corrected chi connectivity index (χ4v) is 4.84. The molecule has 0 bridgehead atoms. The quantitative estimate of drug-likeness (QED) is 0.675. The average molecular weight is 454 g/mol. The second-order valence-electron chi connectivity index (χ2n) is 8.78. The first-order valence-electron chi connectivity index (χ1n) is 11.0. The van der Waals surface area contributed by atoms with E-state index in [9.17, 15) is 23.9 Å². The van der Waals surface area contributed by atoms with E-state index in [4.69, 9.17) is 4.74 Å². The number of aliphatic carboxylic acids is 1. The number of hydrogen-bond acceptors (Lipinski definition) is 5. The Hall–Kier alpha value is -3.42. The van der Waals surface area contributed by atoms with Crippen LogP contribution in [0.3, 0.4) is 0 Å². The Bertz CT molecular complexity index is 1080. The number of amides is 1. The SMILES string of the molecule is COc1cc2c(cc1C(=O)N1CCC(Cc3ccc(F)cc3)CC1)C(C(=O)C(=O)O)CN2C. The number of carbonyl (C=O) groups excluding carboxylic acids is 2. The van der Waals surface area contributed by atoms with Crippen molar-refractivity contribution in [2.45, 2.75) is 25.2 Å². The maximum atomic E-state index is 13.4. The van der Waals surface area contributed by atoms with E-state index in [2.05, 4.69) is 0 Å². The van der Waals surface area contributed by atoms with Crippen LogP contribution in [0.25, 0.3) is 0 Å². The van der Waals surface area contributed by atoms with E-state index in [1.165, 1.54) is 19.2 Å². The van der Waals surface area contributed by atoms with Gasteiger partial charge in [-0.25, -0.2) is 9.18 Å². The number of benzene rings is 2. The fourth-order valence-electron chi connectivity index (χ4n) is 4.84. The molecule has 0 aromatic heterocycles. The number of halogens is 1. The number of likely N-dealkylation sites (N-methyl/N-ethyl adjacent to an activating group) is 1. The Morgan fingerprint density at radius 3 is 2.39 bits per heavy atom. The summed E-state index contributed by atoms with van der Waals surface area (Å²) in [6, 6.07) is 9.86. The van der Waals surface area contributed by atoms with Crippen molar-refractivity contribution in [3.8, 4) is 5.75 Å². The Balaban J connectivity index is 1.50. The van der Waals surface area contributed by atoms with E-state index in [1.54, 1.807) is 41.1 Å². The number of likely N-dealkylation sites (tertiary alicyclic amines) is 1. The highest BCUT2D eigenvalue weighted by Gasteiger charge is 2.37. The fraction of sp³-hybridized carbons (Fsp3) is 0.400. The first-order valence-corrected chi connectivity index (χ1v) is 11.0. The standard InChI is InChI=1S/C25H27FN2O5/c1-27-14-20(23(29)25(31)32)18-12-19(22(33-2)13-21(18)27)24(30)28-9-7-16(8-10-28)11-15-3-5-17(26)6-4-15/h3-6,12-13,16,20H,7-11,14H2,1-2H3,(H,31,32). The number of methoxy groups -OCH3 is 1. The lowest BCUT2D eigenvalue weighted by atomic mass is 9.89. The van der Waals surface area contributed by atoms with Gasteiger partial charge in [0.05, 0.1) is 18.6 Å². The Morgan fingerprint density at radius 1 is 1.12 bits per heavy atom. The number of anilines is 1. The van der Waals surface area contributed by atoms with Crippen molar-refractivity contribution in [3.05, 3.63) is 58.9 Å². The van der Waals surface area contributed by atoms with Crippen LogP contribution in [0.2, 0.25) is 0 Å². The van der Waals surface area contributed by atoms with Gasteiger partial charge in [-0.15, -0.1) is 0 Å². The Labute approximate surface area is 191 Å². The van der Waals surface area contributed by atoms with E-state index < -0.39 is 17.7 Å². The minimum atomic E-state index is -1.48. The van der Waals surface area contributed by atoms with Gasteiger partial charge < -0.3 is 19.6 Å². The number of Topliss-reactive ketones (excluding diaryl/α,β-unsaturated/α-hetero) is 1. The minimum absolute atomic E-state index is 0.189. The van der Waals surface area contributed by atoms with Crippen LogP contribution in [0, 0.1) is 11.7 Å². The highest BCUT2D eigenvalue weighted by Crippen LogP contribution is 2.41. The van der Waals surface area contributed by atoms with Crippen molar-refractivity contribution in [2.75, 3.05) is 38.7 Å². The van der Waals surface area contributed by atoms with Crippen LogP contribution >= 0.6 is 0 Å². The first kappa shape index (κ1) is 22.8. The van der Waals surface area contributed by atoms with Crippen LogP contribution in [0.15, 0.2) is 36.4 Å². The molecule has 33 heavy (non-hydrogen) atoms. The summed E-state index contributed by atoms with van der Waals surface area (Å²) in [6.07, 6.45) is 2.51. The van der Waals surface area contributed by atoms with Gasteiger partial charge in [0.15, 0.2) is 0 Å². The molecule has 8 heteroatoms. The normalized spacial score (nSPS) is 18.2. The maximum absolute atomic E-state index is 13.4. The van der Waals surface area contributed by atoms with Gasteiger partial charge in [-0.05, 0) is 54.5 Å². The highest BCUT2D eigenvalue weighted by molar-refractivity contribution is 6.35. The molecule has 2 aromatic rings. The second-order valence-corrected chi connectivity index (χ2v) is 8.78. The van der Waals surface area contributed by atoms with Gasteiger partial charge in [0, 0.05) is 38.4 Å². The summed E-state index contributed by atoms with van der Waals surface area (Å²) in [5.74, 6) is -2.80. The topological polar surface area (TPSA) is 87.1 Å². The van der Waals surface area contributed by atoms with E-state index in [0.29, 0.717) is 41.6 Å². The summed E-state index contributed by atoms with van der Waals surface area (Å²) in [6.45, 7) is 1.42. The zero-order valence-electron chi connectivity index (χ0n) is 18.7. The molecule has 1 saturated heterocycles. The average Bonchev–Trinajstić information content (AvgIpc) is 3.14. The molecule has 1 unspecified atom stereocenters. The smallest absolute Gasteiger partial charge is 0.372 e. The van der Waals surface area contributed by atoms with Crippen LogP contribution in [0.4, 0.5) is 10.1 Å². The zero-order chi connectivity index (χ0) is 23.7. The number of fused-ring (bicyclic) bond motifs is 1. The number of nitrogens with zero attached hydrogens (tertiary/aromatic N) is 2. The number of ketones is 1. The predicted molar refractivity (Wildman–Crippen MR) is 120 cm³/mol. The summed E-state index contributed by atoms with van der Waals surface area (Å²) in [5.41, 5.74) is 2.66. The zero-order valence-corrected chi connectivity index (χ0v) is 18.7. The van der Waals surface area contributed by atoms with Gasteiger partial charge in [0.1, 0.15) is 11.6 Å². The molecule has 1 fully saturated rings. The molecule has 7 nitrogen and oxygen atoms in total. The summed E-state index contributed by atoms with van der Waals surface area (Å²) in [7, 11) is 3.27. The van der Waals surface area contributed by atoms with Gasteiger partial charge in [0.25, 0.3) is 5.91 Å². The molecule has 1 amide bonds. The van der Waals surface area contributed by atoms with Crippen molar-refractivity contribution in [1.29, 1.82) is 0 Å². The number of carboxylic acids is 1. The highest BCUT2D eigenvalue weighted by atomic mass is 19.1. The van der Waals surface area contributed by atoms with Crippen LogP contribution in [0.5, 0.6) is 5.75 Å². The number of carboxylic acid groups (broad SMARTS) is 1. The minimum Gasteiger partial charge on any atom is -0.496 e. The van der Waals surface area contributed by atoms with Gasteiger partial charge in [-0.1, -0.05) is 12.1 Å². The summed E-state index contributed by atoms with van der Waals surface area (Å²) in [4.78, 5) is 40.4. The monoisotopic (exact) mass is 454 g/mol. The van der Waals surface area contributed by atoms with Gasteiger partial charge in [0.2, 0.25) is 5.78 Å². The molecule has 4 rings (SSSR count). The third-order valence-corrected chi connectivity index (χ3v) is 6.69. The van der Waals surface area contributed by atoms with E-state index in [-0.39, 0.29) is 18.3 Å². The number of piperidine rings is 1. The van der Waals surface area contributed by atoms with Crippen LogP contribution in [-0.4, -0.2) is 61.5 Å². The summed E-state index contributed by atoms with van der Waals surface area (Å²) in [5, 5.41) is 9.19. The molecule has 1 N–H and O–H groups in total. The number of ether oxygens (including phenoxy) is 1. The van der Waals surface area contributed by atoms with Crippen LogP contribution < -0.4 is 9.64 Å². The van der Waals surface area contributed by atoms with Gasteiger partial charge in [-0.3, -0.25) is 9.59 Å². The van der Waals surface area contributed by atoms with Crippen molar-refractivity contribution in [2.24, 2.45) is 5.92 Å². The summed E-state index contributed by atoms with van der Waals surface area (Å²) >= 11 is 0. The van der Waals surface area contributed by atoms with E-state index in [1.807, 2.05) is 0 Å². The number of hydrogen-bond donors (Lipinski definition) is 1. The number of carbonyl (C=O) groups is 3. The molecule has 1 atom stereocenters. The van der Waals surface area contributed by atoms with Crippen LogP contribution in [-0.2, 0) is 16.0 Å². The van der Waals surface area contributed by atoms with Crippen molar-refractivity contribution >= 4 is 23.3 Å². The lowest BCUT2D eigenvalue weighted by Crippen LogP contribution is -2.39. The lowest BCUT2D eigenvalue weighted by molar-refractivity contribution is -0.149. The Kier molecular flexibility index (Phi) is 6.35. The second kappa shape index (κ2) is 9.21. The van der Waals surface area contributed by atoms with Crippen molar-refractivity contribution in [3.63, 3.8) is 0 Å². The summed E-state index contributed by atoms with van der Waals surface area (Å²) < 4.78 is 18.6. The van der Waals surface area contributed by atoms with E-state index >= 15 is 0 Å². The third kappa shape index (κ3) is 4.55. The lowest BCUT2D eigenvalue weighted by Gasteiger charge is -2.32. The molecule has 174 valence electrons. The number of rotatable bonds is 6. The molecule has 2 aliphatic heterocycles. The first-order chi connectivity index (χ1) is 15.8. The van der Waals surface area contributed by atoms with Gasteiger partial charge in [-0.2, -0.15) is 0 Å². The van der Waals surface area contributed by atoms with Crippen molar-refractivity contribution < 1.29 is 28.6 Å². The molecular formula is C25H27FN2O5. The molecular weight excluding hydrogens is 427 g/mol. The largest absolute Gasteiger partial charge is 0.496 e. The molecule has 2 heterocycles. The predicted octanol–water partition coefficient (Wildman–Crippen LogP) is 3.12. The maximum Gasteiger partial charge on any atom is 0.372 e. The molecule has 2 aromatic carbocycles.